The number of aromatic nitrogens is 3. The third-order valence-corrected chi connectivity index (χ3v) is 2.80. The van der Waals surface area contributed by atoms with Crippen LogP contribution >= 0.6 is 11.6 Å². The summed E-state index contributed by atoms with van der Waals surface area (Å²) in [6.45, 7) is 6.09. The molecule has 0 bridgehead atoms. The van der Waals surface area contributed by atoms with Crippen LogP contribution in [0.3, 0.4) is 0 Å². The number of nitrogens with one attached hydrogen (secondary N) is 1. The zero-order valence-corrected chi connectivity index (χ0v) is 8.74. The minimum atomic E-state index is 0.725. The number of halogens is 1. The van der Waals surface area contributed by atoms with Crippen molar-refractivity contribution >= 4 is 17.2 Å². The van der Waals surface area contributed by atoms with Crippen molar-refractivity contribution in [1.29, 1.82) is 0 Å². The van der Waals surface area contributed by atoms with E-state index in [0.717, 1.165) is 34.2 Å². The molecular formula is C9H12ClN3. The van der Waals surface area contributed by atoms with E-state index in [4.69, 9.17) is 11.6 Å². The molecule has 0 amide bonds. The van der Waals surface area contributed by atoms with Crippen LogP contribution in [-0.2, 0) is 6.42 Å². The van der Waals surface area contributed by atoms with Gasteiger partial charge in [0.05, 0.1) is 17.1 Å². The van der Waals surface area contributed by atoms with Crippen molar-refractivity contribution in [3.63, 3.8) is 0 Å². The highest BCUT2D eigenvalue weighted by Gasteiger charge is 2.12. The molecule has 0 aliphatic carbocycles. The minimum Gasteiger partial charge on any atom is -0.295 e. The lowest BCUT2D eigenvalue weighted by Gasteiger charge is -1.92. The molecule has 0 aromatic carbocycles. The van der Waals surface area contributed by atoms with E-state index in [-0.39, 0.29) is 0 Å². The normalized spacial score (nSPS) is 11.4. The molecule has 0 aliphatic heterocycles. The summed E-state index contributed by atoms with van der Waals surface area (Å²) in [5.74, 6) is 0. The Morgan fingerprint density at radius 1 is 1.46 bits per heavy atom. The van der Waals surface area contributed by atoms with Gasteiger partial charge in [0.1, 0.15) is 5.02 Å². The third kappa shape index (κ3) is 1.07. The fourth-order valence-electron chi connectivity index (χ4n) is 1.55. The monoisotopic (exact) mass is 197 g/mol. The molecule has 0 saturated carbocycles. The molecule has 3 nitrogen and oxygen atoms in total. The Morgan fingerprint density at radius 2 is 2.15 bits per heavy atom. The van der Waals surface area contributed by atoms with Gasteiger partial charge >= 0.3 is 0 Å². The van der Waals surface area contributed by atoms with E-state index in [0.29, 0.717) is 0 Å². The van der Waals surface area contributed by atoms with E-state index in [1.165, 1.54) is 0 Å². The van der Waals surface area contributed by atoms with Crippen molar-refractivity contribution in [3.05, 3.63) is 22.1 Å². The average molecular weight is 198 g/mol. The number of imidazole rings is 1. The third-order valence-electron chi connectivity index (χ3n) is 2.35. The molecule has 2 heterocycles. The summed E-state index contributed by atoms with van der Waals surface area (Å²) >= 11 is 6.07. The van der Waals surface area contributed by atoms with Gasteiger partial charge in [-0.15, -0.1) is 0 Å². The number of hydrogen-bond donors (Lipinski definition) is 1. The van der Waals surface area contributed by atoms with Gasteiger partial charge in [-0.25, -0.2) is 9.50 Å². The molecule has 2 aromatic heterocycles. The van der Waals surface area contributed by atoms with Gasteiger partial charge in [-0.3, -0.25) is 5.10 Å². The van der Waals surface area contributed by atoms with Crippen LogP contribution in [0.1, 0.15) is 24.0 Å². The van der Waals surface area contributed by atoms with E-state index in [2.05, 4.69) is 17.0 Å². The van der Waals surface area contributed by atoms with Crippen molar-refractivity contribution < 1.29 is 0 Å². The highest BCUT2D eigenvalue weighted by molar-refractivity contribution is 6.34. The molecule has 70 valence electrons. The fraction of sp³-hybridized carbons (Fsp3) is 0.444. The van der Waals surface area contributed by atoms with Gasteiger partial charge in [0.2, 0.25) is 0 Å². The lowest BCUT2D eigenvalue weighted by atomic mass is 10.3. The van der Waals surface area contributed by atoms with Crippen LogP contribution in [0.25, 0.3) is 5.65 Å². The van der Waals surface area contributed by atoms with Crippen molar-refractivity contribution in [2.75, 3.05) is 0 Å². The van der Waals surface area contributed by atoms with Crippen LogP contribution in [0.2, 0.25) is 5.02 Å². The number of nitrogens with zero attached hydrogens (tertiary/aromatic N) is 2. The maximum atomic E-state index is 6.07. The second-order valence-corrected chi connectivity index (χ2v) is 3.59. The SMILES string of the molecule is CCc1nc2c(Cl)c(C)[nH]n2c1C. The summed E-state index contributed by atoms with van der Waals surface area (Å²) in [6.07, 6.45) is 0.941. The van der Waals surface area contributed by atoms with Gasteiger partial charge in [0.25, 0.3) is 0 Å². The Morgan fingerprint density at radius 3 is 2.69 bits per heavy atom. The van der Waals surface area contributed by atoms with Crippen LogP contribution in [0.5, 0.6) is 0 Å². The second kappa shape index (κ2) is 2.77. The molecule has 0 unspecified atom stereocenters. The van der Waals surface area contributed by atoms with E-state index in [1.807, 2.05) is 18.4 Å². The Bertz CT molecular complexity index is 453. The molecular weight excluding hydrogens is 186 g/mol. The smallest absolute Gasteiger partial charge is 0.172 e. The van der Waals surface area contributed by atoms with Crippen LogP contribution in [0.4, 0.5) is 0 Å². The van der Waals surface area contributed by atoms with Crippen LogP contribution in [0, 0.1) is 13.8 Å². The molecule has 4 heteroatoms. The lowest BCUT2D eigenvalue weighted by Crippen LogP contribution is -1.90. The molecule has 0 aliphatic rings. The van der Waals surface area contributed by atoms with Crippen LogP contribution in [0.15, 0.2) is 0 Å². The van der Waals surface area contributed by atoms with Gasteiger partial charge in [0, 0.05) is 0 Å². The largest absolute Gasteiger partial charge is 0.295 e. The maximum Gasteiger partial charge on any atom is 0.172 e. The average Bonchev–Trinajstić information content (AvgIpc) is 2.56. The summed E-state index contributed by atoms with van der Waals surface area (Å²) in [6, 6.07) is 0. The molecule has 1 N–H and O–H groups in total. The zero-order chi connectivity index (χ0) is 9.59. The van der Waals surface area contributed by atoms with Gasteiger partial charge in [-0.1, -0.05) is 18.5 Å². The van der Waals surface area contributed by atoms with E-state index in [1.54, 1.807) is 0 Å². The van der Waals surface area contributed by atoms with Gasteiger partial charge in [0.15, 0.2) is 5.65 Å². The standard InChI is InChI=1S/C9H12ClN3/c1-4-7-6(3)13-9(11-7)8(10)5(2)12-13/h12H,4H2,1-3H3. The second-order valence-electron chi connectivity index (χ2n) is 3.21. The first-order valence-corrected chi connectivity index (χ1v) is 4.75. The number of aromatic amines is 1. The summed E-state index contributed by atoms with van der Waals surface area (Å²) in [5, 5.41) is 3.90. The summed E-state index contributed by atoms with van der Waals surface area (Å²) < 4.78 is 1.94. The number of aryl methyl sites for hydroxylation is 3. The Balaban J connectivity index is 2.81. The molecule has 0 fully saturated rings. The summed E-state index contributed by atoms with van der Waals surface area (Å²) in [5.41, 5.74) is 4.06. The number of H-pyrrole nitrogens is 1. The van der Waals surface area contributed by atoms with Gasteiger partial charge < -0.3 is 0 Å². The van der Waals surface area contributed by atoms with Crippen LogP contribution in [-0.4, -0.2) is 14.6 Å². The molecule has 13 heavy (non-hydrogen) atoms. The lowest BCUT2D eigenvalue weighted by molar-refractivity contribution is 0.892. The van der Waals surface area contributed by atoms with E-state index >= 15 is 0 Å². The van der Waals surface area contributed by atoms with Crippen molar-refractivity contribution in [2.24, 2.45) is 0 Å². The van der Waals surface area contributed by atoms with Crippen molar-refractivity contribution in [2.45, 2.75) is 27.2 Å². The first kappa shape index (κ1) is 8.63. The first-order valence-electron chi connectivity index (χ1n) is 4.37. The molecule has 0 saturated heterocycles. The fourth-order valence-corrected chi connectivity index (χ4v) is 1.72. The van der Waals surface area contributed by atoms with E-state index < -0.39 is 0 Å². The van der Waals surface area contributed by atoms with Gasteiger partial charge in [-0.2, -0.15) is 0 Å². The highest BCUT2D eigenvalue weighted by Crippen LogP contribution is 2.22. The topological polar surface area (TPSA) is 33.1 Å². The molecule has 0 spiro atoms. The highest BCUT2D eigenvalue weighted by atomic mass is 35.5. The van der Waals surface area contributed by atoms with E-state index in [9.17, 15) is 0 Å². The molecule has 0 atom stereocenters. The minimum absolute atomic E-state index is 0.725. The molecule has 0 radical (unpaired) electrons. The number of hydrogen-bond acceptors (Lipinski definition) is 1. The summed E-state index contributed by atoms with van der Waals surface area (Å²) in [7, 11) is 0. The maximum absolute atomic E-state index is 6.07. The molecule has 2 aromatic rings. The Kier molecular flexibility index (Phi) is 1.84. The predicted octanol–water partition coefficient (Wildman–Crippen LogP) is 2.50. The zero-order valence-electron chi connectivity index (χ0n) is 7.98. The Labute approximate surface area is 81.7 Å². The van der Waals surface area contributed by atoms with Crippen molar-refractivity contribution in [3.8, 4) is 0 Å². The first-order chi connectivity index (χ1) is 6.15. The molecule has 2 rings (SSSR count). The predicted molar refractivity (Wildman–Crippen MR) is 53.4 cm³/mol. The quantitative estimate of drug-likeness (QED) is 0.749. The Hall–Kier alpha value is -0.960. The van der Waals surface area contributed by atoms with Gasteiger partial charge in [-0.05, 0) is 20.3 Å². The summed E-state index contributed by atoms with van der Waals surface area (Å²) in [4.78, 5) is 4.45. The van der Waals surface area contributed by atoms with Crippen LogP contribution < -0.4 is 0 Å². The van der Waals surface area contributed by atoms with Crippen molar-refractivity contribution in [1.82, 2.24) is 14.6 Å². The number of rotatable bonds is 1. The number of fused-ring (bicyclic) bond motifs is 1.